The van der Waals surface area contributed by atoms with Crippen molar-refractivity contribution in [2.45, 2.75) is 32.6 Å². The van der Waals surface area contributed by atoms with Crippen LogP contribution in [0.2, 0.25) is 0 Å². The third kappa shape index (κ3) is 6.57. The predicted octanol–water partition coefficient (Wildman–Crippen LogP) is 0.703. The quantitative estimate of drug-likeness (QED) is 0.570. The van der Waals surface area contributed by atoms with Gasteiger partial charge in [-0.15, -0.1) is 0 Å². The standard InChI is InChI=1S/C14H27N3O2/c1-12-6-4-9-17(11-12)14(19)10-13(18)15-7-5-8-16(2)3/h12H,4-11H2,1-3H3,(H,15,18). The van der Waals surface area contributed by atoms with Crippen molar-refractivity contribution in [3.8, 4) is 0 Å². The van der Waals surface area contributed by atoms with E-state index < -0.39 is 0 Å². The van der Waals surface area contributed by atoms with Crippen LogP contribution in [0.1, 0.15) is 32.6 Å². The summed E-state index contributed by atoms with van der Waals surface area (Å²) in [5.74, 6) is 0.375. The molecule has 0 saturated carbocycles. The molecule has 1 aliphatic rings. The van der Waals surface area contributed by atoms with Crippen molar-refractivity contribution in [1.82, 2.24) is 15.1 Å². The van der Waals surface area contributed by atoms with Crippen LogP contribution < -0.4 is 5.32 Å². The summed E-state index contributed by atoms with van der Waals surface area (Å²) in [6, 6.07) is 0. The fourth-order valence-electron chi connectivity index (χ4n) is 2.35. The number of likely N-dealkylation sites (tertiary alicyclic amines) is 1. The Bertz CT molecular complexity index is 305. The van der Waals surface area contributed by atoms with Crippen molar-refractivity contribution in [2.24, 2.45) is 5.92 Å². The van der Waals surface area contributed by atoms with Crippen LogP contribution in [0.25, 0.3) is 0 Å². The lowest BCUT2D eigenvalue weighted by Crippen LogP contribution is -2.41. The normalized spacial score (nSPS) is 19.6. The lowest BCUT2D eigenvalue weighted by atomic mass is 10.00. The van der Waals surface area contributed by atoms with Crippen LogP contribution in [0.5, 0.6) is 0 Å². The van der Waals surface area contributed by atoms with Gasteiger partial charge in [0.1, 0.15) is 6.42 Å². The number of carbonyl (C=O) groups excluding carboxylic acids is 2. The number of hydrogen-bond donors (Lipinski definition) is 1. The fourth-order valence-corrected chi connectivity index (χ4v) is 2.35. The Balaban J connectivity index is 2.18. The lowest BCUT2D eigenvalue weighted by Gasteiger charge is -2.30. The van der Waals surface area contributed by atoms with Gasteiger partial charge in [-0.3, -0.25) is 9.59 Å². The molecule has 1 aliphatic heterocycles. The molecule has 2 amide bonds. The van der Waals surface area contributed by atoms with Gasteiger partial charge < -0.3 is 15.1 Å². The van der Waals surface area contributed by atoms with E-state index >= 15 is 0 Å². The summed E-state index contributed by atoms with van der Waals surface area (Å²) < 4.78 is 0. The molecule has 0 bridgehead atoms. The molecule has 5 nitrogen and oxygen atoms in total. The minimum absolute atomic E-state index is 0.00527. The van der Waals surface area contributed by atoms with Crippen molar-refractivity contribution in [3.05, 3.63) is 0 Å². The van der Waals surface area contributed by atoms with E-state index in [0.29, 0.717) is 12.5 Å². The van der Waals surface area contributed by atoms with E-state index in [9.17, 15) is 9.59 Å². The van der Waals surface area contributed by atoms with E-state index in [2.05, 4.69) is 17.1 Å². The number of rotatable bonds is 6. The summed E-state index contributed by atoms with van der Waals surface area (Å²) in [6.45, 7) is 5.34. The van der Waals surface area contributed by atoms with E-state index in [1.54, 1.807) is 0 Å². The Morgan fingerprint density at radius 2 is 2.11 bits per heavy atom. The van der Waals surface area contributed by atoms with Gasteiger partial charge in [0.25, 0.3) is 0 Å². The summed E-state index contributed by atoms with van der Waals surface area (Å²) >= 11 is 0. The summed E-state index contributed by atoms with van der Waals surface area (Å²) in [4.78, 5) is 27.5. The molecular formula is C14H27N3O2. The van der Waals surface area contributed by atoms with Crippen molar-refractivity contribution >= 4 is 11.8 Å². The van der Waals surface area contributed by atoms with Crippen LogP contribution in [0.3, 0.4) is 0 Å². The molecule has 0 aromatic heterocycles. The maximum Gasteiger partial charge on any atom is 0.232 e. The molecule has 0 aromatic carbocycles. The maximum atomic E-state index is 12.0. The fraction of sp³-hybridized carbons (Fsp3) is 0.857. The van der Waals surface area contributed by atoms with Crippen LogP contribution in [0.15, 0.2) is 0 Å². The predicted molar refractivity (Wildman–Crippen MR) is 75.8 cm³/mol. The van der Waals surface area contributed by atoms with E-state index in [-0.39, 0.29) is 18.2 Å². The highest BCUT2D eigenvalue weighted by Gasteiger charge is 2.22. The maximum absolute atomic E-state index is 12.0. The van der Waals surface area contributed by atoms with Crippen LogP contribution in [0, 0.1) is 5.92 Å². The first-order valence-corrected chi connectivity index (χ1v) is 7.18. The molecule has 1 saturated heterocycles. The van der Waals surface area contributed by atoms with Crippen molar-refractivity contribution in [2.75, 3.05) is 40.3 Å². The molecule has 1 atom stereocenters. The Hall–Kier alpha value is -1.10. The Morgan fingerprint density at radius 3 is 2.74 bits per heavy atom. The SMILES string of the molecule is CC1CCCN(C(=O)CC(=O)NCCCN(C)C)C1. The van der Waals surface area contributed by atoms with Gasteiger partial charge in [0.2, 0.25) is 11.8 Å². The summed E-state index contributed by atoms with van der Waals surface area (Å²) in [5.41, 5.74) is 0. The monoisotopic (exact) mass is 269 g/mol. The third-order valence-corrected chi connectivity index (χ3v) is 3.43. The molecule has 110 valence electrons. The van der Waals surface area contributed by atoms with Gasteiger partial charge in [-0.2, -0.15) is 0 Å². The first-order valence-electron chi connectivity index (χ1n) is 7.18. The van der Waals surface area contributed by atoms with E-state index in [1.807, 2.05) is 19.0 Å². The second-order valence-electron chi connectivity index (χ2n) is 5.77. The molecule has 5 heteroatoms. The van der Waals surface area contributed by atoms with Crippen LogP contribution in [-0.2, 0) is 9.59 Å². The molecule has 19 heavy (non-hydrogen) atoms. The number of carbonyl (C=O) groups is 2. The second kappa shape index (κ2) is 8.15. The summed E-state index contributed by atoms with van der Waals surface area (Å²) in [7, 11) is 4.01. The highest BCUT2D eigenvalue weighted by molar-refractivity contribution is 5.96. The summed E-state index contributed by atoms with van der Waals surface area (Å²) in [5, 5.41) is 2.81. The van der Waals surface area contributed by atoms with E-state index in [4.69, 9.17) is 0 Å². The molecule has 0 aromatic rings. The minimum Gasteiger partial charge on any atom is -0.356 e. The topological polar surface area (TPSA) is 52.7 Å². The second-order valence-corrected chi connectivity index (χ2v) is 5.77. The van der Waals surface area contributed by atoms with Gasteiger partial charge in [0.05, 0.1) is 0 Å². The minimum atomic E-state index is -0.151. The zero-order valence-corrected chi connectivity index (χ0v) is 12.4. The molecular weight excluding hydrogens is 242 g/mol. The van der Waals surface area contributed by atoms with Gasteiger partial charge in [-0.25, -0.2) is 0 Å². The number of hydrogen-bond acceptors (Lipinski definition) is 3. The van der Waals surface area contributed by atoms with Gasteiger partial charge in [-0.1, -0.05) is 6.92 Å². The van der Waals surface area contributed by atoms with Gasteiger partial charge in [-0.05, 0) is 45.8 Å². The van der Waals surface area contributed by atoms with Crippen molar-refractivity contribution in [3.63, 3.8) is 0 Å². The van der Waals surface area contributed by atoms with Crippen molar-refractivity contribution < 1.29 is 9.59 Å². The average Bonchev–Trinajstić information content (AvgIpc) is 2.34. The highest BCUT2D eigenvalue weighted by Crippen LogP contribution is 2.15. The number of piperidine rings is 1. The molecule has 0 spiro atoms. The number of nitrogens with zero attached hydrogens (tertiary/aromatic N) is 2. The zero-order chi connectivity index (χ0) is 14.3. The molecule has 1 rings (SSSR count). The first kappa shape index (κ1) is 16.0. The largest absolute Gasteiger partial charge is 0.356 e. The van der Waals surface area contributed by atoms with Crippen LogP contribution in [0.4, 0.5) is 0 Å². The molecule has 1 heterocycles. The highest BCUT2D eigenvalue weighted by atomic mass is 16.2. The van der Waals surface area contributed by atoms with Gasteiger partial charge in [0, 0.05) is 19.6 Å². The first-order chi connectivity index (χ1) is 8.99. The Morgan fingerprint density at radius 1 is 1.37 bits per heavy atom. The zero-order valence-electron chi connectivity index (χ0n) is 12.4. The molecule has 0 radical (unpaired) electrons. The van der Waals surface area contributed by atoms with Gasteiger partial charge in [0.15, 0.2) is 0 Å². The molecule has 1 N–H and O–H groups in total. The third-order valence-electron chi connectivity index (χ3n) is 3.43. The molecule has 1 fully saturated rings. The van der Waals surface area contributed by atoms with E-state index in [0.717, 1.165) is 32.5 Å². The van der Waals surface area contributed by atoms with E-state index in [1.165, 1.54) is 6.42 Å². The number of nitrogens with one attached hydrogen (secondary N) is 1. The molecule has 0 aliphatic carbocycles. The van der Waals surface area contributed by atoms with Crippen molar-refractivity contribution in [1.29, 1.82) is 0 Å². The average molecular weight is 269 g/mol. The van der Waals surface area contributed by atoms with Gasteiger partial charge >= 0.3 is 0 Å². The Kier molecular flexibility index (Phi) is 6.84. The lowest BCUT2D eigenvalue weighted by molar-refractivity contribution is -0.137. The smallest absolute Gasteiger partial charge is 0.232 e. The van der Waals surface area contributed by atoms with Crippen LogP contribution in [-0.4, -0.2) is 61.9 Å². The number of amides is 2. The Labute approximate surface area is 116 Å². The molecule has 1 unspecified atom stereocenters. The van der Waals surface area contributed by atoms with Crippen LogP contribution >= 0.6 is 0 Å². The summed E-state index contributed by atoms with van der Waals surface area (Å²) in [6.07, 6.45) is 3.14.